The van der Waals surface area contributed by atoms with Crippen LogP contribution >= 0.6 is 11.8 Å². The van der Waals surface area contributed by atoms with Gasteiger partial charge in [0.2, 0.25) is 5.91 Å². The van der Waals surface area contributed by atoms with Gasteiger partial charge < -0.3 is 10.1 Å². The van der Waals surface area contributed by atoms with Gasteiger partial charge in [-0.1, -0.05) is 6.07 Å². The zero-order valence-corrected chi connectivity index (χ0v) is 12.5. The van der Waals surface area contributed by atoms with E-state index in [1.54, 1.807) is 6.07 Å². The minimum atomic E-state index is -4.35. The monoisotopic (exact) mass is 319 g/mol. The van der Waals surface area contributed by atoms with E-state index in [4.69, 9.17) is 4.74 Å². The molecule has 116 valence electrons. The van der Waals surface area contributed by atoms with E-state index in [0.29, 0.717) is 11.4 Å². The molecule has 1 aliphatic rings. The molecule has 1 amide bonds. The number of rotatable bonds is 3. The number of thioether (sulfide) groups is 1. The third-order valence-corrected chi connectivity index (χ3v) is 4.50. The Kier molecular flexibility index (Phi) is 4.53. The largest absolute Gasteiger partial charge is 0.416 e. The first-order valence-corrected chi connectivity index (χ1v) is 7.25. The van der Waals surface area contributed by atoms with Gasteiger partial charge in [0.25, 0.3) is 0 Å². The van der Waals surface area contributed by atoms with Crippen molar-refractivity contribution >= 4 is 17.7 Å². The molecule has 1 N–H and O–H groups in total. The summed E-state index contributed by atoms with van der Waals surface area (Å²) in [7, 11) is 0. The van der Waals surface area contributed by atoms with Crippen LogP contribution in [0.15, 0.2) is 29.2 Å². The average molecular weight is 319 g/mol. The number of amides is 1. The second-order valence-electron chi connectivity index (χ2n) is 5.33. The van der Waals surface area contributed by atoms with Crippen molar-refractivity contribution in [1.29, 1.82) is 0 Å². The van der Waals surface area contributed by atoms with Crippen molar-refractivity contribution in [3.05, 3.63) is 29.8 Å². The highest BCUT2D eigenvalue weighted by molar-refractivity contribution is 8.00. The van der Waals surface area contributed by atoms with E-state index in [2.05, 4.69) is 5.32 Å². The van der Waals surface area contributed by atoms with Crippen LogP contribution in [0.5, 0.6) is 0 Å². The Balaban J connectivity index is 2.11. The minimum absolute atomic E-state index is 0.0166. The number of hydrogen-bond donors (Lipinski definition) is 1. The van der Waals surface area contributed by atoms with Gasteiger partial charge >= 0.3 is 6.18 Å². The van der Waals surface area contributed by atoms with Crippen molar-refractivity contribution in [3.63, 3.8) is 0 Å². The lowest BCUT2D eigenvalue weighted by atomic mass is 10.1. The van der Waals surface area contributed by atoms with Crippen molar-refractivity contribution in [2.24, 2.45) is 0 Å². The smallest absolute Gasteiger partial charge is 0.365 e. The summed E-state index contributed by atoms with van der Waals surface area (Å²) in [6.07, 6.45) is -4.61. The molecule has 1 heterocycles. The van der Waals surface area contributed by atoms with Gasteiger partial charge in [-0.2, -0.15) is 13.2 Å². The van der Waals surface area contributed by atoms with E-state index in [0.717, 1.165) is 12.1 Å². The van der Waals surface area contributed by atoms with Gasteiger partial charge in [0.05, 0.1) is 11.7 Å². The third-order valence-electron chi connectivity index (χ3n) is 3.22. The van der Waals surface area contributed by atoms with Crippen molar-refractivity contribution in [3.8, 4) is 0 Å². The number of hydrogen-bond acceptors (Lipinski definition) is 3. The molecular formula is C14H16F3NO2S. The molecule has 1 atom stereocenters. The van der Waals surface area contributed by atoms with Gasteiger partial charge in [-0.15, -0.1) is 11.8 Å². The molecule has 1 aromatic carbocycles. The molecule has 0 saturated carbocycles. The van der Waals surface area contributed by atoms with Gasteiger partial charge in [-0.3, -0.25) is 4.79 Å². The lowest BCUT2D eigenvalue weighted by Gasteiger charge is -2.36. The molecule has 0 spiro atoms. The molecule has 1 unspecified atom stereocenters. The summed E-state index contributed by atoms with van der Waals surface area (Å²) >= 11 is 1.31. The molecule has 1 saturated heterocycles. The zero-order chi connectivity index (χ0) is 15.7. The highest BCUT2D eigenvalue weighted by atomic mass is 32.2. The van der Waals surface area contributed by atoms with Crippen LogP contribution in [0.25, 0.3) is 0 Å². The maximum atomic E-state index is 12.7. The van der Waals surface area contributed by atoms with Crippen LogP contribution in [0.4, 0.5) is 13.2 Å². The number of benzene rings is 1. The normalized spacial score (nSPS) is 20.2. The molecular weight excluding hydrogens is 303 g/mol. The van der Waals surface area contributed by atoms with Gasteiger partial charge in [0, 0.05) is 16.2 Å². The zero-order valence-electron chi connectivity index (χ0n) is 11.7. The second-order valence-corrected chi connectivity index (χ2v) is 7.06. The maximum Gasteiger partial charge on any atom is 0.416 e. The van der Waals surface area contributed by atoms with Crippen LogP contribution in [0.3, 0.4) is 0 Å². The van der Waals surface area contributed by atoms with E-state index in [1.807, 2.05) is 13.8 Å². The predicted octanol–water partition coefficient (Wildman–Crippen LogP) is 3.09. The molecule has 21 heavy (non-hydrogen) atoms. The van der Waals surface area contributed by atoms with Crippen molar-refractivity contribution < 1.29 is 22.7 Å². The third kappa shape index (κ3) is 4.14. The first kappa shape index (κ1) is 16.2. The van der Waals surface area contributed by atoms with E-state index >= 15 is 0 Å². The molecule has 2 rings (SSSR count). The fourth-order valence-corrected chi connectivity index (χ4v) is 3.27. The Hall–Kier alpha value is -1.21. The van der Waals surface area contributed by atoms with Crippen molar-refractivity contribution in [1.82, 2.24) is 5.32 Å². The van der Waals surface area contributed by atoms with Crippen LogP contribution < -0.4 is 5.32 Å². The van der Waals surface area contributed by atoms with Crippen LogP contribution in [-0.4, -0.2) is 29.9 Å². The maximum absolute atomic E-state index is 12.7. The first-order chi connectivity index (χ1) is 9.68. The summed E-state index contributed by atoms with van der Waals surface area (Å²) < 4.78 is 43.2. The molecule has 0 bridgehead atoms. The van der Waals surface area contributed by atoms with E-state index in [1.165, 1.54) is 17.8 Å². The second kappa shape index (κ2) is 5.88. The van der Waals surface area contributed by atoms with Gasteiger partial charge in [0.1, 0.15) is 6.61 Å². The summed E-state index contributed by atoms with van der Waals surface area (Å²) in [5.74, 6) is -0.175. The predicted molar refractivity (Wildman–Crippen MR) is 74.1 cm³/mol. The summed E-state index contributed by atoms with van der Waals surface area (Å²) in [5, 5.41) is 2.70. The van der Waals surface area contributed by atoms with E-state index < -0.39 is 16.5 Å². The summed E-state index contributed by atoms with van der Waals surface area (Å²) in [4.78, 5) is 11.6. The molecule has 1 aliphatic heterocycles. The van der Waals surface area contributed by atoms with Gasteiger partial charge in [-0.05, 0) is 32.0 Å². The molecule has 0 aromatic heterocycles. The number of nitrogens with one attached hydrogen (secondary N) is 1. The Labute approximate surface area is 125 Å². The Morgan fingerprint density at radius 3 is 2.62 bits per heavy atom. The molecule has 0 aliphatic carbocycles. The number of halogens is 3. The minimum Gasteiger partial charge on any atom is -0.365 e. The Morgan fingerprint density at radius 2 is 2.05 bits per heavy atom. The molecule has 1 aromatic rings. The highest BCUT2D eigenvalue weighted by Crippen LogP contribution is 2.39. The van der Waals surface area contributed by atoms with Crippen molar-refractivity contribution in [2.45, 2.75) is 35.8 Å². The van der Waals surface area contributed by atoms with E-state index in [-0.39, 0.29) is 18.6 Å². The number of carbonyl (C=O) groups excluding carboxylic acids is 1. The summed E-state index contributed by atoms with van der Waals surface area (Å²) in [6, 6.07) is 5.22. The Bertz CT molecular complexity index is 521. The average Bonchev–Trinajstić information content (AvgIpc) is 2.38. The van der Waals surface area contributed by atoms with Gasteiger partial charge in [-0.25, -0.2) is 0 Å². The molecule has 3 nitrogen and oxygen atoms in total. The standard InChI is InChI=1S/C14H16F3NO2S/c1-13(2,11-7-18-12(19)8-20-11)21-10-5-3-4-9(6-10)14(15,16)17/h3-6,11H,7-8H2,1-2H3,(H,18,19). The number of morpholine rings is 1. The quantitative estimate of drug-likeness (QED) is 0.870. The number of alkyl halides is 3. The van der Waals surface area contributed by atoms with Crippen LogP contribution in [0.1, 0.15) is 19.4 Å². The topological polar surface area (TPSA) is 38.3 Å². The fraction of sp³-hybridized carbons (Fsp3) is 0.500. The molecule has 0 radical (unpaired) electrons. The fourth-order valence-electron chi connectivity index (χ4n) is 2.04. The SMILES string of the molecule is CC(C)(Sc1cccc(C(F)(F)F)c1)C1CNC(=O)CO1. The Morgan fingerprint density at radius 1 is 1.33 bits per heavy atom. The lowest BCUT2D eigenvalue weighted by molar-refractivity contribution is -0.137. The van der Waals surface area contributed by atoms with E-state index in [9.17, 15) is 18.0 Å². The summed E-state index contributed by atoms with van der Waals surface area (Å²) in [5.41, 5.74) is -0.666. The van der Waals surface area contributed by atoms with Gasteiger partial charge in [0.15, 0.2) is 0 Å². The lowest BCUT2D eigenvalue weighted by Crippen LogP contribution is -2.51. The summed E-state index contributed by atoms with van der Waals surface area (Å²) in [6.45, 7) is 4.12. The number of ether oxygens (including phenoxy) is 1. The molecule has 7 heteroatoms. The highest BCUT2D eigenvalue weighted by Gasteiger charge is 2.36. The van der Waals surface area contributed by atoms with Crippen LogP contribution in [-0.2, 0) is 15.7 Å². The van der Waals surface area contributed by atoms with Crippen molar-refractivity contribution in [2.75, 3.05) is 13.2 Å². The van der Waals surface area contributed by atoms with Crippen LogP contribution in [0.2, 0.25) is 0 Å². The van der Waals surface area contributed by atoms with Crippen LogP contribution in [0, 0.1) is 0 Å². The number of carbonyl (C=O) groups is 1. The molecule has 1 fully saturated rings. The first-order valence-electron chi connectivity index (χ1n) is 6.43.